The summed E-state index contributed by atoms with van der Waals surface area (Å²) < 4.78 is 0. The van der Waals surface area contributed by atoms with E-state index in [0.29, 0.717) is 0 Å². The molecular weight excluding hydrogens is 187 g/mol. The zero-order chi connectivity index (χ0) is 4.50. The van der Waals surface area contributed by atoms with Crippen LogP contribution in [0.25, 0.3) is 0 Å². The van der Waals surface area contributed by atoms with Crippen LogP contribution in [0.1, 0.15) is 0 Å². The molecule has 0 saturated carbocycles. The SMILES string of the molecule is [S]=[Co](=[S])(=[S])=[S]. The van der Waals surface area contributed by atoms with Crippen LogP contribution in [0.15, 0.2) is 0 Å². The summed E-state index contributed by atoms with van der Waals surface area (Å²) in [6.45, 7) is 0. The van der Waals surface area contributed by atoms with Crippen LogP contribution in [0.5, 0.6) is 0 Å². The van der Waals surface area contributed by atoms with E-state index >= 15 is 0 Å². The van der Waals surface area contributed by atoms with Crippen LogP contribution in [0, 0.1) is 0 Å². The van der Waals surface area contributed by atoms with Gasteiger partial charge in [0.05, 0.1) is 0 Å². The van der Waals surface area contributed by atoms with Gasteiger partial charge in [0.15, 0.2) is 0 Å². The van der Waals surface area contributed by atoms with Crippen LogP contribution in [0.2, 0.25) is 0 Å². The summed E-state index contributed by atoms with van der Waals surface area (Å²) in [5.41, 5.74) is 0. The third-order valence-corrected chi connectivity index (χ3v) is 0. The monoisotopic (exact) mass is 187 g/mol. The molecule has 0 amide bonds. The van der Waals surface area contributed by atoms with E-state index in [4.69, 9.17) is 0 Å². The third kappa shape index (κ3) is 32.1. The van der Waals surface area contributed by atoms with E-state index in [1.807, 2.05) is 0 Å². The fourth-order valence-corrected chi connectivity index (χ4v) is 0. The minimum absolute atomic E-state index is 2.04. The Morgan fingerprint density at radius 3 is 0.800 bits per heavy atom. The van der Waals surface area contributed by atoms with Crippen LogP contribution in [-0.2, 0) is 6.16 Å². The third-order valence-electron chi connectivity index (χ3n) is 0. The van der Waals surface area contributed by atoms with E-state index in [-0.39, 0.29) is 0 Å². The molecule has 0 fully saturated rings. The van der Waals surface area contributed by atoms with Crippen molar-refractivity contribution in [2.75, 3.05) is 0 Å². The van der Waals surface area contributed by atoms with Gasteiger partial charge in [-0.15, -0.1) is 0 Å². The van der Waals surface area contributed by atoms with Crippen molar-refractivity contribution in [1.29, 1.82) is 0 Å². The van der Waals surface area contributed by atoms with Crippen LogP contribution in [-0.4, -0.2) is 0 Å². The van der Waals surface area contributed by atoms with Gasteiger partial charge in [0.1, 0.15) is 0 Å². The molecule has 0 spiro atoms. The number of rotatable bonds is 0. The van der Waals surface area contributed by atoms with Crippen molar-refractivity contribution in [1.82, 2.24) is 0 Å². The number of hydrogen-bond acceptors (Lipinski definition) is 4. The van der Waals surface area contributed by atoms with Gasteiger partial charge in [0, 0.05) is 0 Å². The summed E-state index contributed by atoms with van der Waals surface area (Å²) in [6, 6.07) is 0. The maximum atomic E-state index is 4.38. The Morgan fingerprint density at radius 2 is 0.800 bits per heavy atom. The molecule has 0 nitrogen and oxygen atoms in total. The summed E-state index contributed by atoms with van der Waals surface area (Å²) >= 11 is 0. The van der Waals surface area contributed by atoms with Crippen LogP contribution >= 0.6 is 42.4 Å². The van der Waals surface area contributed by atoms with Crippen LogP contribution < -0.4 is 0 Å². The molecule has 0 aliphatic heterocycles. The first-order valence-corrected chi connectivity index (χ1v) is 6.73. The molecule has 33 valence electrons. The van der Waals surface area contributed by atoms with E-state index in [9.17, 15) is 0 Å². The van der Waals surface area contributed by atoms with Gasteiger partial charge in [-0.05, 0) is 0 Å². The minimum atomic E-state index is -2.04. The predicted molar refractivity (Wildman–Crippen MR) is 30.4 cm³/mol. The van der Waals surface area contributed by atoms with Gasteiger partial charge in [0.2, 0.25) is 0 Å². The van der Waals surface area contributed by atoms with Crippen molar-refractivity contribution in [3.05, 3.63) is 0 Å². The fourth-order valence-electron chi connectivity index (χ4n) is 0. The molecule has 0 aromatic heterocycles. The Morgan fingerprint density at radius 1 is 0.800 bits per heavy atom. The molecule has 0 aliphatic rings. The van der Waals surface area contributed by atoms with Gasteiger partial charge >= 0.3 is 48.6 Å². The Bertz CT molecular complexity index is 155. The van der Waals surface area contributed by atoms with E-state index in [2.05, 4.69) is 42.4 Å². The van der Waals surface area contributed by atoms with Crippen LogP contribution in [0.4, 0.5) is 0 Å². The Kier molecular flexibility index (Phi) is 2.43. The molecule has 0 aliphatic carbocycles. The van der Waals surface area contributed by atoms with Gasteiger partial charge < -0.3 is 0 Å². The second-order valence-electron chi connectivity index (χ2n) is 0.333. The fraction of sp³-hybridized carbons (Fsp3) is 0. The molecule has 0 N–H and O–H groups in total. The molecule has 0 aromatic carbocycles. The van der Waals surface area contributed by atoms with Gasteiger partial charge in [0.25, 0.3) is 0 Å². The summed E-state index contributed by atoms with van der Waals surface area (Å²) in [5.74, 6) is 0. The Balaban J connectivity index is 6.05. The van der Waals surface area contributed by atoms with E-state index < -0.39 is 6.16 Å². The molecule has 0 unspecified atom stereocenters. The first kappa shape index (κ1) is 6.39. The first-order chi connectivity index (χ1) is 2.00. The second-order valence-corrected chi connectivity index (χ2v) is 12.4. The van der Waals surface area contributed by atoms with Crippen LogP contribution in [0.3, 0.4) is 0 Å². The maximum absolute atomic E-state index is 4.38. The van der Waals surface area contributed by atoms with Gasteiger partial charge in [-0.1, -0.05) is 0 Å². The quantitative estimate of drug-likeness (QED) is 0.571. The molecule has 5 heteroatoms. The summed E-state index contributed by atoms with van der Waals surface area (Å²) in [5, 5.41) is 0. The Labute approximate surface area is 48.3 Å². The van der Waals surface area contributed by atoms with E-state index in [1.54, 1.807) is 0 Å². The average molecular weight is 187 g/mol. The molecular formula is CoS4. The van der Waals surface area contributed by atoms with E-state index in [1.165, 1.54) is 0 Å². The molecule has 0 aromatic rings. The topological polar surface area (TPSA) is 0 Å². The van der Waals surface area contributed by atoms with Gasteiger partial charge in [-0.25, -0.2) is 0 Å². The molecule has 0 heterocycles. The molecule has 5 heavy (non-hydrogen) atoms. The molecule has 0 rings (SSSR count). The predicted octanol–water partition coefficient (Wildman–Crippen LogP) is 2.59. The van der Waals surface area contributed by atoms with Crippen molar-refractivity contribution in [2.45, 2.75) is 0 Å². The molecule has 0 saturated heterocycles. The zero-order valence-electron chi connectivity index (χ0n) is 1.97. The first-order valence-electron chi connectivity index (χ1n) is 0.544. The Hall–Kier alpha value is 1.39. The van der Waals surface area contributed by atoms with Crippen molar-refractivity contribution in [2.24, 2.45) is 0 Å². The standard InChI is InChI=1S/Co.4S. The summed E-state index contributed by atoms with van der Waals surface area (Å²) in [4.78, 5) is 0. The summed E-state index contributed by atoms with van der Waals surface area (Å²) in [6.07, 6.45) is -2.04. The summed E-state index contributed by atoms with van der Waals surface area (Å²) in [7, 11) is 17.5. The molecule has 0 radical (unpaired) electrons. The average Bonchev–Trinajstić information content (AvgIpc) is 0.722. The van der Waals surface area contributed by atoms with Gasteiger partial charge in [-0.3, -0.25) is 0 Å². The van der Waals surface area contributed by atoms with Gasteiger partial charge in [-0.2, -0.15) is 0 Å². The van der Waals surface area contributed by atoms with Crippen molar-refractivity contribution < 1.29 is 6.16 Å². The second kappa shape index (κ2) is 1.90. The van der Waals surface area contributed by atoms with E-state index in [0.717, 1.165) is 0 Å². The zero-order valence-corrected chi connectivity index (χ0v) is 6.27. The number of hydrogen-bond donors (Lipinski definition) is 0. The molecule has 0 atom stereocenters. The van der Waals surface area contributed by atoms with Crippen molar-refractivity contribution in [3.63, 3.8) is 0 Å². The van der Waals surface area contributed by atoms with Crippen molar-refractivity contribution >= 4 is 42.4 Å². The molecule has 0 bridgehead atoms. The normalized spacial score (nSPS) is 11.2. The van der Waals surface area contributed by atoms with Crippen molar-refractivity contribution in [3.8, 4) is 0 Å².